The SMILES string of the molecule is CC[C@H](C)[C@H](NCCN1C(=O)C=CC1=O)C(N)=O. The lowest BCUT2D eigenvalue weighted by atomic mass is 9.99. The quantitative estimate of drug-likeness (QED) is 0.593. The first-order valence-corrected chi connectivity index (χ1v) is 6.03. The molecule has 0 bridgehead atoms. The highest BCUT2D eigenvalue weighted by atomic mass is 16.2. The van der Waals surface area contributed by atoms with Gasteiger partial charge in [-0.1, -0.05) is 20.3 Å². The summed E-state index contributed by atoms with van der Waals surface area (Å²) in [6.45, 7) is 4.50. The normalized spacial score (nSPS) is 18.2. The second kappa shape index (κ2) is 6.30. The third-order valence-electron chi connectivity index (χ3n) is 3.12. The molecule has 1 aliphatic heterocycles. The van der Waals surface area contributed by atoms with Crippen LogP contribution < -0.4 is 11.1 Å². The van der Waals surface area contributed by atoms with Crippen LogP contribution in [0.1, 0.15) is 20.3 Å². The van der Waals surface area contributed by atoms with Crippen LogP contribution >= 0.6 is 0 Å². The minimum Gasteiger partial charge on any atom is -0.368 e. The van der Waals surface area contributed by atoms with Gasteiger partial charge in [0.2, 0.25) is 5.91 Å². The van der Waals surface area contributed by atoms with Gasteiger partial charge in [0.05, 0.1) is 6.04 Å². The van der Waals surface area contributed by atoms with Gasteiger partial charge in [0.1, 0.15) is 0 Å². The Kier molecular flexibility index (Phi) is 5.03. The molecule has 3 N–H and O–H groups in total. The molecule has 0 radical (unpaired) electrons. The lowest BCUT2D eigenvalue weighted by molar-refractivity contribution is -0.136. The molecule has 0 saturated heterocycles. The molecule has 100 valence electrons. The number of amides is 3. The van der Waals surface area contributed by atoms with Crippen molar-refractivity contribution < 1.29 is 14.4 Å². The number of rotatable bonds is 7. The largest absolute Gasteiger partial charge is 0.368 e. The number of carbonyl (C=O) groups excluding carboxylic acids is 3. The van der Waals surface area contributed by atoms with Gasteiger partial charge in [-0.3, -0.25) is 19.3 Å². The van der Waals surface area contributed by atoms with E-state index < -0.39 is 11.9 Å². The number of hydrogen-bond acceptors (Lipinski definition) is 4. The Morgan fingerprint density at radius 1 is 1.39 bits per heavy atom. The molecule has 0 aromatic carbocycles. The molecule has 2 atom stereocenters. The Morgan fingerprint density at radius 2 is 1.94 bits per heavy atom. The highest BCUT2D eigenvalue weighted by Crippen LogP contribution is 2.07. The van der Waals surface area contributed by atoms with E-state index in [4.69, 9.17) is 5.73 Å². The van der Waals surface area contributed by atoms with E-state index in [9.17, 15) is 14.4 Å². The molecule has 18 heavy (non-hydrogen) atoms. The predicted molar refractivity (Wildman–Crippen MR) is 66.3 cm³/mol. The number of nitrogens with two attached hydrogens (primary N) is 1. The molecule has 3 amide bonds. The van der Waals surface area contributed by atoms with Crippen molar-refractivity contribution >= 4 is 17.7 Å². The summed E-state index contributed by atoms with van der Waals surface area (Å²) in [5, 5.41) is 2.99. The van der Waals surface area contributed by atoms with Crippen LogP contribution in [-0.2, 0) is 14.4 Å². The summed E-state index contributed by atoms with van der Waals surface area (Å²) in [6.07, 6.45) is 3.30. The standard InChI is InChI=1S/C12H19N3O3/c1-3-8(2)11(12(13)18)14-6-7-15-9(16)4-5-10(15)17/h4-5,8,11,14H,3,6-7H2,1-2H3,(H2,13,18)/t8-,11-/m0/s1. The van der Waals surface area contributed by atoms with Gasteiger partial charge >= 0.3 is 0 Å². The second-order valence-electron chi connectivity index (χ2n) is 4.38. The van der Waals surface area contributed by atoms with E-state index in [1.165, 1.54) is 12.2 Å². The van der Waals surface area contributed by atoms with Crippen LogP contribution in [0.25, 0.3) is 0 Å². The van der Waals surface area contributed by atoms with Crippen molar-refractivity contribution in [2.45, 2.75) is 26.3 Å². The van der Waals surface area contributed by atoms with Gasteiger partial charge in [0.25, 0.3) is 11.8 Å². The molecule has 1 heterocycles. The summed E-state index contributed by atoms with van der Waals surface area (Å²) in [7, 11) is 0. The van der Waals surface area contributed by atoms with Gasteiger partial charge in [0.15, 0.2) is 0 Å². The molecule has 0 aliphatic carbocycles. The first kappa shape index (κ1) is 14.4. The van der Waals surface area contributed by atoms with Crippen molar-refractivity contribution in [3.8, 4) is 0 Å². The summed E-state index contributed by atoms with van der Waals surface area (Å²) >= 11 is 0. The summed E-state index contributed by atoms with van der Waals surface area (Å²) in [4.78, 5) is 34.9. The third-order valence-corrected chi connectivity index (χ3v) is 3.12. The summed E-state index contributed by atoms with van der Waals surface area (Å²) in [6, 6.07) is -0.434. The monoisotopic (exact) mass is 253 g/mol. The zero-order valence-corrected chi connectivity index (χ0v) is 10.7. The van der Waals surface area contributed by atoms with E-state index in [0.29, 0.717) is 6.54 Å². The molecule has 0 spiro atoms. The topological polar surface area (TPSA) is 92.5 Å². The summed E-state index contributed by atoms with van der Waals surface area (Å²) in [5.41, 5.74) is 5.30. The average Bonchev–Trinajstić information content (AvgIpc) is 2.64. The smallest absolute Gasteiger partial charge is 0.253 e. The fourth-order valence-corrected chi connectivity index (χ4v) is 1.80. The molecular weight excluding hydrogens is 234 g/mol. The molecule has 1 rings (SSSR count). The average molecular weight is 253 g/mol. The maximum atomic E-state index is 11.3. The molecule has 1 aliphatic rings. The van der Waals surface area contributed by atoms with Gasteiger partial charge in [0, 0.05) is 25.2 Å². The van der Waals surface area contributed by atoms with Crippen LogP contribution in [0.2, 0.25) is 0 Å². The fourth-order valence-electron chi connectivity index (χ4n) is 1.80. The molecule has 0 saturated carbocycles. The van der Waals surface area contributed by atoms with Crippen molar-refractivity contribution in [3.63, 3.8) is 0 Å². The van der Waals surface area contributed by atoms with E-state index in [1.54, 1.807) is 0 Å². The van der Waals surface area contributed by atoms with Crippen molar-refractivity contribution in [2.75, 3.05) is 13.1 Å². The van der Waals surface area contributed by atoms with Crippen LogP contribution in [0.4, 0.5) is 0 Å². The molecule has 0 fully saturated rings. The Balaban J connectivity index is 2.42. The Bertz CT molecular complexity index is 361. The molecule has 0 aromatic rings. The molecule has 0 unspecified atom stereocenters. The van der Waals surface area contributed by atoms with Crippen LogP contribution in [0.3, 0.4) is 0 Å². The van der Waals surface area contributed by atoms with Crippen molar-refractivity contribution in [3.05, 3.63) is 12.2 Å². The first-order valence-electron chi connectivity index (χ1n) is 6.03. The maximum Gasteiger partial charge on any atom is 0.253 e. The minimum atomic E-state index is -0.434. The van der Waals surface area contributed by atoms with Crippen LogP contribution in [0.5, 0.6) is 0 Å². The number of carbonyl (C=O) groups is 3. The van der Waals surface area contributed by atoms with Crippen molar-refractivity contribution in [1.29, 1.82) is 0 Å². The number of primary amides is 1. The van der Waals surface area contributed by atoms with Gasteiger partial charge in [-0.15, -0.1) is 0 Å². The van der Waals surface area contributed by atoms with Gasteiger partial charge in [-0.25, -0.2) is 0 Å². The Labute approximate surface area is 106 Å². The van der Waals surface area contributed by atoms with E-state index in [2.05, 4.69) is 5.32 Å². The van der Waals surface area contributed by atoms with Crippen LogP contribution in [-0.4, -0.2) is 41.8 Å². The zero-order valence-electron chi connectivity index (χ0n) is 10.7. The Morgan fingerprint density at radius 3 is 2.39 bits per heavy atom. The summed E-state index contributed by atoms with van der Waals surface area (Å²) in [5.74, 6) is -0.936. The fraction of sp³-hybridized carbons (Fsp3) is 0.583. The number of nitrogens with zero attached hydrogens (tertiary/aromatic N) is 1. The van der Waals surface area contributed by atoms with Gasteiger partial charge in [-0.05, 0) is 5.92 Å². The Hall–Kier alpha value is -1.69. The van der Waals surface area contributed by atoms with Crippen LogP contribution in [0, 0.1) is 5.92 Å². The second-order valence-corrected chi connectivity index (χ2v) is 4.38. The highest BCUT2D eigenvalue weighted by Gasteiger charge is 2.24. The molecule has 0 aromatic heterocycles. The molecular formula is C12H19N3O3. The van der Waals surface area contributed by atoms with Gasteiger partial charge < -0.3 is 11.1 Å². The van der Waals surface area contributed by atoms with Crippen molar-refractivity contribution in [1.82, 2.24) is 10.2 Å². The summed E-state index contributed by atoms with van der Waals surface area (Å²) < 4.78 is 0. The first-order chi connectivity index (χ1) is 8.47. The zero-order chi connectivity index (χ0) is 13.7. The maximum absolute atomic E-state index is 11.3. The number of imide groups is 1. The molecule has 6 heteroatoms. The lowest BCUT2D eigenvalue weighted by Gasteiger charge is -2.22. The third kappa shape index (κ3) is 3.40. The van der Waals surface area contributed by atoms with E-state index >= 15 is 0 Å². The van der Waals surface area contributed by atoms with E-state index in [1.807, 2.05) is 13.8 Å². The van der Waals surface area contributed by atoms with E-state index in [-0.39, 0.29) is 24.3 Å². The minimum absolute atomic E-state index is 0.116. The number of hydrogen-bond donors (Lipinski definition) is 2. The molecule has 6 nitrogen and oxygen atoms in total. The highest BCUT2D eigenvalue weighted by molar-refractivity contribution is 6.12. The van der Waals surface area contributed by atoms with Crippen LogP contribution in [0.15, 0.2) is 12.2 Å². The van der Waals surface area contributed by atoms with E-state index in [0.717, 1.165) is 11.3 Å². The number of nitrogens with one attached hydrogen (secondary N) is 1. The predicted octanol–water partition coefficient (Wildman–Crippen LogP) is -0.599. The van der Waals surface area contributed by atoms with Crippen molar-refractivity contribution in [2.24, 2.45) is 11.7 Å². The van der Waals surface area contributed by atoms with Gasteiger partial charge in [-0.2, -0.15) is 0 Å². The lowest BCUT2D eigenvalue weighted by Crippen LogP contribution is -2.48.